The molecule has 0 saturated carbocycles. The Kier molecular flexibility index (Phi) is 6.43. The Hall–Kier alpha value is -1.36. The lowest BCUT2D eigenvalue weighted by molar-refractivity contribution is -0.121. The van der Waals surface area contributed by atoms with Crippen LogP contribution in [0.25, 0.3) is 0 Å². The standard InChI is InChI=1S/C13H24N4O/c1-3-11(6-7-14)4-5-13(18)15-8-12-9-16-17-10(12)2/h9,11H,3-8,14H2,1-2H3,(H,15,18)(H,16,17). The van der Waals surface area contributed by atoms with Crippen molar-refractivity contribution in [3.8, 4) is 0 Å². The summed E-state index contributed by atoms with van der Waals surface area (Å²) < 4.78 is 0. The molecule has 0 aliphatic heterocycles. The van der Waals surface area contributed by atoms with Gasteiger partial charge in [-0.1, -0.05) is 13.3 Å². The van der Waals surface area contributed by atoms with Gasteiger partial charge in [-0.15, -0.1) is 0 Å². The summed E-state index contributed by atoms with van der Waals surface area (Å²) in [5, 5.41) is 9.69. The highest BCUT2D eigenvalue weighted by Gasteiger charge is 2.09. The monoisotopic (exact) mass is 252 g/mol. The van der Waals surface area contributed by atoms with Crippen molar-refractivity contribution in [3.63, 3.8) is 0 Å². The number of nitrogens with two attached hydrogens (primary N) is 1. The van der Waals surface area contributed by atoms with Crippen LogP contribution in [0.3, 0.4) is 0 Å². The molecule has 1 rings (SSSR count). The number of nitrogens with zero attached hydrogens (tertiary/aromatic N) is 1. The van der Waals surface area contributed by atoms with Gasteiger partial charge in [0.25, 0.3) is 0 Å². The first-order chi connectivity index (χ1) is 8.67. The van der Waals surface area contributed by atoms with Crippen LogP contribution >= 0.6 is 0 Å². The molecule has 0 aliphatic carbocycles. The number of aryl methyl sites for hydroxylation is 1. The number of aromatic amines is 1. The summed E-state index contributed by atoms with van der Waals surface area (Å²) in [5.41, 5.74) is 7.58. The number of rotatable bonds is 8. The second-order valence-corrected chi connectivity index (χ2v) is 4.69. The fourth-order valence-electron chi connectivity index (χ4n) is 1.96. The molecule has 0 fully saturated rings. The minimum absolute atomic E-state index is 0.103. The summed E-state index contributed by atoms with van der Waals surface area (Å²) in [7, 11) is 0. The van der Waals surface area contributed by atoms with Crippen LogP contribution < -0.4 is 11.1 Å². The predicted molar refractivity (Wildman–Crippen MR) is 71.9 cm³/mol. The maximum atomic E-state index is 11.7. The Bertz CT molecular complexity index is 362. The minimum Gasteiger partial charge on any atom is -0.352 e. The molecule has 0 spiro atoms. The van der Waals surface area contributed by atoms with Crippen molar-refractivity contribution in [1.29, 1.82) is 0 Å². The first-order valence-electron chi connectivity index (χ1n) is 6.63. The highest BCUT2D eigenvalue weighted by Crippen LogP contribution is 2.14. The molecule has 1 amide bonds. The zero-order valence-corrected chi connectivity index (χ0v) is 11.3. The van der Waals surface area contributed by atoms with Crippen LogP contribution in [-0.2, 0) is 11.3 Å². The predicted octanol–water partition coefficient (Wildman–Crippen LogP) is 1.49. The van der Waals surface area contributed by atoms with Gasteiger partial charge in [-0.3, -0.25) is 9.89 Å². The molecule has 0 aliphatic rings. The molecule has 18 heavy (non-hydrogen) atoms. The molecule has 0 saturated heterocycles. The van der Waals surface area contributed by atoms with Crippen LogP contribution in [0.15, 0.2) is 6.20 Å². The van der Waals surface area contributed by atoms with Crippen LogP contribution in [0, 0.1) is 12.8 Å². The van der Waals surface area contributed by atoms with Crippen LogP contribution in [0.1, 0.15) is 43.9 Å². The molecule has 5 nitrogen and oxygen atoms in total. The molecule has 4 N–H and O–H groups in total. The van der Waals surface area contributed by atoms with E-state index in [-0.39, 0.29) is 5.91 Å². The van der Waals surface area contributed by atoms with E-state index < -0.39 is 0 Å². The van der Waals surface area contributed by atoms with E-state index in [4.69, 9.17) is 5.73 Å². The van der Waals surface area contributed by atoms with Crippen LogP contribution in [-0.4, -0.2) is 22.6 Å². The zero-order chi connectivity index (χ0) is 13.4. The number of aromatic nitrogens is 2. The van der Waals surface area contributed by atoms with E-state index in [2.05, 4.69) is 22.4 Å². The van der Waals surface area contributed by atoms with Crippen molar-refractivity contribution >= 4 is 5.91 Å². The average Bonchev–Trinajstić information content (AvgIpc) is 2.77. The third-order valence-electron chi connectivity index (χ3n) is 3.34. The van der Waals surface area contributed by atoms with Gasteiger partial charge in [0.05, 0.1) is 6.20 Å². The second-order valence-electron chi connectivity index (χ2n) is 4.69. The van der Waals surface area contributed by atoms with Crippen molar-refractivity contribution in [2.45, 2.75) is 46.1 Å². The van der Waals surface area contributed by atoms with Gasteiger partial charge in [-0.05, 0) is 32.2 Å². The van der Waals surface area contributed by atoms with E-state index in [0.717, 1.165) is 30.5 Å². The molecule has 1 aromatic rings. The van der Waals surface area contributed by atoms with Crippen molar-refractivity contribution in [2.24, 2.45) is 11.7 Å². The normalized spacial score (nSPS) is 12.4. The third-order valence-corrected chi connectivity index (χ3v) is 3.34. The Morgan fingerprint density at radius 1 is 1.56 bits per heavy atom. The van der Waals surface area contributed by atoms with Gasteiger partial charge in [0.1, 0.15) is 0 Å². The number of nitrogens with one attached hydrogen (secondary N) is 2. The molecule has 0 aromatic carbocycles. The first-order valence-corrected chi connectivity index (χ1v) is 6.63. The number of hydrogen-bond acceptors (Lipinski definition) is 3. The lowest BCUT2D eigenvalue weighted by Gasteiger charge is -2.13. The van der Waals surface area contributed by atoms with Crippen LogP contribution in [0.5, 0.6) is 0 Å². The molecule has 1 heterocycles. The molecule has 5 heteroatoms. The van der Waals surface area contributed by atoms with E-state index in [1.54, 1.807) is 6.20 Å². The maximum absolute atomic E-state index is 11.7. The number of hydrogen-bond donors (Lipinski definition) is 3. The van der Waals surface area contributed by atoms with E-state index in [1.165, 1.54) is 0 Å². The van der Waals surface area contributed by atoms with Crippen LogP contribution in [0.2, 0.25) is 0 Å². The molecule has 0 radical (unpaired) electrons. The summed E-state index contributed by atoms with van der Waals surface area (Å²) in [4.78, 5) is 11.7. The second kappa shape index (κ2) is 7.87. The highest BCUT2D eigenvalue weighted by molar-refractivity contribution is 5.75. The topological polar surface area (TPSA) is 83.8 Å². The Morgan fingerprint density at radius 3 is 2.89 bits per heavy atom. The molecule has 102 valence electrons. The molecule has 1 aromatic heterocycles. The van der Waals surface area contributed by atoms with Gasteiger partial charge < -0.3 is 11.1 Å². The van der Waals surface area contributed by atoms with Crippen molar-refractivity contribution in [3.05, 3.63) is 17.5 Å². The van der Waals surface area contributed by atoms with Crippen molar-refractivity contribution in [1.82, 2.24) is 15.5 Å². The summed E-state index contributed by atoms with van der Waals surface area (Å²) >= 11 is 0. The van der Waals surface area contributed by atoms with E-state index >= 15 is 0 Å². The summed E-state index contributed by atoms with van der Waals surface area (Å²) in [5.74, 6) is 0.669. The van der Waals surface area contributed by atoms with Gasteiger partial charge in [0, 0.05) is 24.2 Å². The lowest BCUT2D eigenvalue weighted by Crippen LogP contribution is -2.23. The number of amides is 1. The van der Waals surface area contributed by atoms with Crippen LogP contribution in [0.4, 0.5) is 0 Å². The molecular formula is C13H24N4O. The first kappa shape index (κ1) is 14.7. The fourth-order valence-corrected chi connectivity index (χ4v) is 1.96. The summed E-state index contributed by atoms with van der Waals surface area (Å²) in [6.45, 7) is 5.35. The Labute approximate surface area is 109 Å². The van der Waals surface area contributed by atoms with Gasteiger partial charge in [0.15, 0.2) is 0 Å². The highest BCUT2D eigenvalue weighted by atomic mass is 16.1. The molecule has 1 unspecified atom stereocenters. The van der Waals surface area contributed by atoms with E-state index in [1.807, 2.05) is 6.92 Å². The third kappa shape index (κ3) is 4.87. The largest absolute Gasteiger partial charge is 0.352 e. The summed E-state index contributed by atoms with van der Waals surface area (Å²) in [6.07, 6.45) is 5.34. The smallest absolute Gasteiger partial charge is 0.220 e. The zero-order valence-electron chi connectivity index (χ0n) is 11.3. The SMILES string of the molecule is CCC(CCN)CCC(=O)NCc1cn[nH]c1C. The van der Waals surface area contributed by atoms with Gasteiger partial charge in [-0.25, -0.2) is 0 Å². The minimum atomic E-state index is 0.103. The molecule has 0 bridgehead atoms. The van der Waals surface area contributed by atoms with E-state index in [0.29, 0.717) is 25.4 Å². The average molecular weight is 252 g/mol. The lowest BCUT2D eigenvalue weighted by atomic mass is 9.96. The summed E-state index contributed by atoms with van der Waals surface area (Å²) in [6, 6.07) is 0. The number of H-pyrrole nitrogens is 1. The fraction of sp³-hybridized carbons (Fsp3) is 0.692. The van der Waals surface area contributed by atoms with Gasteiger partial charge >= 0.3 is 0 Å². The number of carbonyl (C=O) groups is 1. The maximum Gasteiger partial charge on any atom is 0.220 e. The molecular weight excluding hydrogens is 228 g/mol. The van der Waals surface area contributed by atoms with Crippen molar-refractivity contribution in [2.75, 3.05) is 6.54 Å². The Morgan fingerprint density at radius 2 is 2.33 bits per heavy atom. The quantitative estimate of drug-likeness (QED) is 0.655. The number of carbonyl (C=O) groups excluding carboxylic acids is 1. The molecule has 1 atom stereocenters. The van der Waals surface area contributed by atoms with Gasteiger partial charge in [-0.2, -0.15) is 5.10 Å². The Balaban J connectivity index is 2.23. The van der Waals surface area contributed by atoms with Crippen molar-refractivity contribution < 1.29 is 4.79 Å². The van der Waals surface area contributed by atoms with Gasteiger partial charge in [0.2, 0.25) is 5.91 Å². The van der Waals surface area contributed by atoms with E-state index in [9.17, 15) is 4.79 Å².